The molecule has 0 atom stereocenters. The molecule has 0 aliphatic heterocycles. The van der Waals surface area contributed by atoms with Crippen molar-refractivity contribution < 1.29 is 14.3 Å². The number of rotatable bonds is 5. The Morgan fingerprint density at radius 1 is 0.958 bits per heavy atom. The topological polar surface area (TPSA) is 67.4 Å². The Morgan fingerprint density at radius 2 is 1.67 bits per heavy atom. The number of hydrogen-bond donors (Lipinski definition) is 2. The smallest absolute Gasteiger partial charge is 0.233 e. The van der Waals surface area contributed by atoms with Crippen molar-refractivity contribution in [1.82, 2.24) is 0 Å². The normalized spacial score (nSPS) is 10.2. The molecule has 8 heteroatoms. The molecule has 2 N–H and O–H groups in total. The molecule has 2 aromatic rings. The van der Waals surface area contributed by atoms with Gasteiger partial charge in [-0.3, -0.25) is 9.59 Å². The number of amides is 2. The second kappa shape index (κ2) is 8.24. The van der Waals surface area contributed by atoms with Crippen molar-refractivity contribution in [2.75, 3.05) is 17.7 Å². The Morgan fingerprint density at radius 3 is 2.33 bits per heavy atom. The van der Waals surface area contributed by atoms with Crippen LogP contribution in [0.25, 0.3) is 0 Å². The number of carbonyl (C=O) groups is 2. The van der Waals surface area contributed by atoms with Crippen LogP contribution >= 0.6 is 34.8 Å². The third kappa shape index (κ3) is 5.03. The lowest BCUT2D eigenvalue weighted by Gasteiger charge is -2.09. The van der Waals surface area contributed by atoms with Crippen molar-refractivity contribution in [3.8, 4) is 5.75 Å². The van der Waals surface area contributed by atoms with Crippen LogP contribution in [0.3, 0.4) is 0 Å². The number of benzene rings is 2. The largest absolute Gasteiger partial charge is 0.495 e. The molecule has 5 nitrogen and oxygen atoms in total. The van der Waals surface area contributed by atoms with E-state index in [9.17, 15) is 9.59 Å². The van der Waals surface area contributed by atoms with Gasteiger partial charge in [0.2, 0.25) is 11.8 Å². The first-order valence-electron chi connectivity index (χ1n) is 6.77. The molecule has 0 unspecified atom stereocenters. The van der Waals surface area contributed by atoms with Gasteiger partial charge in [-0.2, -0.15) is 0 Å². The Bertz CT molecular complexity index is 781. The predicted octanol–water partition coefficient (Wildman–Crippen LogP) is 4.62. The van der Waals surface area contributed by atoms with Crippen LogP contribution in [0, 0.1) is 0 Å². The Hall–Kier alpha value is -1.95. The van der Waals surface area contributed by atoms with Gasteiger partial charge in [0, 0.05) is 10.7 Å². The van der Waals surface area contributed by atoms with Crippen LogP contribution in [0.15, 0.2) is 36.4 Å². The number of halogens is 3. The highest BCUT2D eigenvalue weighted by Gasteiger charge is 2.12. The third-order valence-corrected chi connectivity index (χ3v) is 3.82. The summed E-state index contributed by atoms with van der Waals surface area (Å²) in [6, 6.07) is 9.42. The lowest BCUT2D eigenvalue weighted by atomic mass is 10.2. The Balaban J connectivity index is 1.95. The molecule has 0 saturated carbocycles. The molecular weight excluding hydrogens is 375 g/mol. The summed E-state index contributed by atoms with van der Waals surface area (Å²) in [6.45, 7) is 0. The fourth-order valence-corrected chi connectivity index (χ4v) is 2.48. The van der Waals surface area contributed by atoms with Gasteiger partial charge in [0.1, 0.15) is 12.2 Å². The highest BCUT2D eigenvalue weighted by molar-refractivity contribution is 6.35. The molecule has 0 aliphatic carbocycles. The van der Waals surface area contributed by atoms with Crippen molar-refractivity contribution in [1.29, 1.82) is 0 Å². The second-order valence-corrected chi connectivity index (χ2v) is 6.00. The number of nitrogens with one attached hydrogen (secondary N) is 2. The molecule has 0 aromatic heterocycles. The maximum Gasteiger partial charge on any atom is 0.233 e. The van der Waals surface area contributed by atoms with Crippen LogP contribution < -0.4 is 15.4 Å². The summed E-state index contributed by atoms with van der Waals surface area (Å²) in [7, 11) is 1.49. The summed E-state index contributed by atoms with van der Waals surface area (Å²) in [5, 5.41) is 6.22. The van der Waals surface area contributed by atoms with E-state index in [1.807, 2.05) is 0 Å². The van der Waals surface area contributed by atoms with E-state index in [0.29, 0.717) is 32.2 Å². The van der Waals surface area contributed by atoms with Crippen LogP contribution in [-0.2, 0) is 9.59 Å². The van der Waals surface area contributed by atoms with Gasteiger partial charge in [-0.1, -0.05) is 34.8 Å². The zero-order valence-corrected chi connectivity index (χ0v) is 14.8. The van der Waals surface area contributed by atoms with Crippen LogP contribution in [-0.4, -0.2) is 18.9 Å². The summed E-state index contributed by atoms with van der Waals surface area (Å²) in [5.74, 6) is -0.522. The van der Waals surface area contributed by atoms with Crippen LogP contribution in [0.4, 0.5) is 11.4 Å². The van der Waals surface area contributed by atoms with E-state index in [1.54, 1.807) is 24.3 Å². The molecule has 0 radical (unpaired) electrons. The highest BCUT2D eigenvalue weighted by Crippen LogP contribution is 2.27. The van der Waals surface area contributed by atoms with Gasteiger partial charge < -0.3 is 15.4 Å². The van der Waals surface area contributed by atoms with E-state index in [4.69, 9.17) is 39.5 Å². The van der Waals surface area contributed by atoms with Gasteiger partial charge in [0.25, 0.3) is 0 Å². The first-order chi connectivity index (χ1) is 11.4. The molecular formula is C16H13Cl3N2O3. The van der Waals surface area contributed by atoms with Gasteiger partial charge in [-0.25, -0.2) is 0 Å². The maximum atomic E-state index is 11.9. The minimum Gasteiger partial charge on any atom is -0.495 e. The quantitative estimate of drug-likeness (QED) is 0.735. The van der Waals surface area contributed by atoms with Crippen LogP contribution in [0.2, 0.25) is 15.1 Å². The standard InChI is InChI=1S/C16H13Cl3N2O3/c1-24-14-5-3-10(7-12(14)19)20-15(22)8-16(23)21-13-6-9(17)2-4-11(13)18/h2-7H,8H2,1H3,(H,20,22)(H,21,23). The lowest BCUT2D eigenvalue weighted by molar-refractivity contribution is -0.123. The summed E-state index contributed by atoms with van der Waals surface area (Å²) in [5.41, 5.74) is 0.800. The van der Waals surface area contributed by atoms with Gasteiger partial charge in [-0.05, 0) is 36.4 Å². The SMILES string of the molecule is COc1ccc(NC(=O)CC(=O)Nc2cc(Cl)ccc2Cl)cc1Cl. The van der Waals surface area contributed by atoms with Gasteiger partial charge in [0.05, 0.1) is 22.8 Å². The first-order valence-corrected chi connectivity index (χ1v) is 7.90. The van der Waals surface area contributed by atoms with E-state index in [1.165, 1.54) is 19.2 Å². The molecule has 0 spiro atoms. The molecule has 2 rings (SSSR count). The summed E-state index contributed by atoms with van der Waals surface area (Å²) in [4.78, 5) is 23.8. The average Bonchev–Trinajstić information content (AvgIpc) is 2.51. The van der Waals surface area contributed by atoms with Gasteiger partial charge in [-0.15, -0.1) is 0 Å². The fraction of sp³-hybridized carbons (Fsp3) is 0.125. The molecule has 0 heterocycles. The van der Waals surface area contributed by atoms with Crippen molar-refractivity contribution >= 4 is 58.0 Å². The van der Waals surface area contributed by atoms with Crippen molar-refractivity contribution in [3.63, 3.8) is 0 Å². The summed E-state index contributed by atoms with van der Waals surface area (Å²) >= 11 is 17.8. The van der Waals surface area contributed by atoms with Crippen molar-refractivity contribution in [2.24, 2.45) is 0 Å². The van der Waals surface area contributed by atoms with E-state index in [-0.39, 0.29) is 6.42 Å². The summed E-state index contributed by atoms with van der Waals surface area (Å²) in [6.07, 6.45) is -0.382. The zero-order chi connectivity index (χ0) is 17.7. The average molecular weight is 388 g/mol. The number of ether oxygens (including phenoxy) is 1. The molecule has 24 heavy (non-hydrogen) atoms. The number of methoxy groups -OCH3 is 1. The number of hydrogen-bond acceptors (Lipinski definition) is 3. The minimum atomic E-state index is -0.517. The van der Waals surface area contributed by atoms with Crippen LogP contribution in [0.1, 0.15) is 6.42 Å². The fourth-order valence-electron chi connectivity index (χ4n) is 1.88. The summed E-state index contributed by atoms with van der Waals surface area (Å²) < 4.78 is 5.02. The molecule has 0 bridgehead atoms. The third-order valence-electron chi connectivity index (χ3n) is 2.96. The predicted molar refractivity (Wildman–Crippen MR) is 96.3 cm³/mol. The molecule has 0 saturated heterocycles. The van der Waals surface area contributed by atoms with E-state index in [0.717, 1.165) is 0 Å². The molecule has 2 aromatic carbocycles. The Kier molecular flexibility index (Phi) is 6.31. The second-order valence-electron chi connectivity index (χ2n) is 4.75. The number of anilines is 2. The molecule has 126 valence electrons. The van der Waals surface area contributed by atoms with E-state index < -0.39 is 11.8 Å². The Labute approximate surface area is 153 Å². The maximum absolute atomic E-state index is 11.9. The highest BCUT2D eigenvalue weighted by atomic mass is 35.5. The first kappa shape index (κ1) is 18.4. The minimum absolute atomic E-state index is 0.329. The number of carbonyl (C=O) groups excluding carboxylic acids is 2. The molecule has 2 amide bonds. The zero-order valence-electron chi connectivity index (χ0n) is 12.5. The monoisotopic (exact) mass is 386 g/mol. The van der Waals surface area contributed by atoms with Gasteiger partial charge in [0.15, 0.2) is 0 Å². The van der Waals surface area contributed by atoms with E-state index in [2.05, 4.69) is 10.6 Å². The van der Waals surface area contributed by atoms with Gasteiger partial charge >= 0.3 is 0 Å². The van der Waals surface area contributed by atoms with E-state index >= 15 is 0 Å². The lowest BCUT2D eigenvalue weighted by Crippen LogP contribution is -2.21. The molecule has 0 aliphatic rings. The van der Waals surface area contributed by atoms with Crippen molar-refractivity contribution in [2.45, 2.75) is 6.42 Å². The van der Waals surface area contributed by atoms with Crippen LogP contribution in [0.5, 0.6) is 5.75 Å². The van der Waals surface area contributed by atoms with Crippen molar-refractivity contribution in [3.05, 3.63) is 51.5 Å². The molecule has 0 fully saturated rings.